The highest BCUT2D eigenvalue weighted by Crippen LogP contribution is 2.26. The first-order chi connectivity index (χ1) is 14.5. The third kappa shape index (κ3) is 4.33. The van der Waals surface area contributed by atoms with Crippen LogP contribution in [0.15, 0.2) is 47.6 Å². The molecule has 4 rings (SSSR count). The topological polar surface area (TPSA) is 85.8 Å². The summed E-state index contributed by atoms with van der Waals surface area (Å²) in [5, 5.41) is 11.3. The van der Waals surface area contributed by atoms with Gasteiger partial charge in [0, 0.05) is 0 Å². The van der Waals surface area contributed by atoms with Crippen molar-refractivity contribution < 1.29 is 9.18 Å². The number of carbonyl (C=O) groups is 1. The van der Waals surface area contributed by atoms with Gasteiger partial charge in [0.1, 0.15) is 5.82 Å². The Morgan fingerprint density at radius 2 is 1.97 bits per heavy atom. The van der Waals surface area contributed by atoms with Gasteiger partial charge in [-0.1, -0.05) is 42.1 Å². The average molecular weight is 426 g/mol. The summed E-state index contributed by atoms with van der Waals surface area (Å²) in [7, 11) is 0. The summed E-state index contributed by atoms with van der Waals surface area (Å²) in [4.78, 5) is 12.4. The number of halogens is 1. The van der Waals surface area contributed by atoms with Gasteiger partial charge in [-0.05, 0) is 61.4 Å². The number of rotatable bonds is 6. The Morgan fingerprint density at radius 3 is 2.77 bits per heavy atom. The fourth-order valence-corrected chi connectivity index (χ4v) is 4.39. The summed E-state index contributed by atoms with van der Waals surface area (Å²) in [6.45, 7) is 1.98. The SMILES string of the molecule is C[C@H](NC(=O)CSc1nnc(-c2ccccc2F)n1N)c1ccc2c(c1)CCCC2. The van der Waals surface area contributed by atoms with Crippen LogP contribution in [0.4, 0.5) is 4.39 Å². The molecule has 30 heavy (non-hydrogen) atoms. The van der Waals surface area contributed by atoms with Gasteiger partial charge < -0.3 is 11.2 Å². The molecule has 0 saturated carbocycles. The maximum atomic E-state index is 14.0. The Bertz CT molecular complexity index is 1070. The number of nitrogens with zero attached hydrogens (tertiary/aromatic N) is 3. The van der Waals surface area contributed by atoms with Crippen molar-refractivity contribution >= 4 is 17.7 Å². The van der Waals surface area contributed by atoms with Gasteiger partial charge in [-0.3, -0.25) is 4.79 Å². The molecule has 1 amide bonds. The Hall–Kier alpha value is -2.87. The number of aromatic nitrogens is 3. The summed E-state index contributed by atoms with van der Waals surface area (Å²) in [5.41, 5.74) is 4.20. The van der Waals surface area contributed by atoms with Crippen LogP contribution in [0.1, 0.15) is 42.5 Å². The van der Waals surface area contributed by atoms with Crippen molar-refractivity contribution in [3.8, 4) is 11.4 Å². The summed E-state index contributed by atoms with van der Waals surface area (Å²) in [6, 6.07) is 12.6. The minimum absolute atomic E-state index is 0.0879. The predicted octanol–water partition coefficient (Wildman–Crippen LogP) is 3.65. The number of hydrogen-bond donors (Lipinski definition) is 2. The van der Waals surface area contributed by atoms with Gasteiger partial charge in [0.2, 0.25) is 11.1 Å². The van der Waals surface area contributed by atoms with Crippen LogP contribution in [0.3, 0.4) is 0 Å². The van der Waals surface area contributed by atoms with E-state index < -0.39 is 5.82 Å². The predicted molar refractivity (Wildman–Crippen MR) is 116 cm³/mol. The molecule has 0 spiro atoms. The van der Waals surface area contributed by atoms with Gasteiger partial charge in [0.05, 0.1) is 17.4 Å². The zero-order valence-corrected chi connectivity index (χ0v) is 17.6. The van der Waals surface area contributed by atoms with E-state index in [0.717, 1.165) is 18.4 Å². The van der Waals surface area contributed by atoms with Crippen molar-refractivity contribution in [3.05, 3.63) is 65.0 Å². The second-order valence-electron chi connectivity index (χ2n) is 7.47. The smallest absolute Gasteiger partial charge is 0.230 e. The standard InChI is InChI=1S/C22H24FN5OS/c1-14(16-11-10-15-6-2-3-7-17(15)12-16)25-20(29)13-30-22-27-26-21(28(22)24)18-8-4-5-9-19(18)23/h4-5,8-12,14H,2-3,6-7,13,24H2,1H3,(H,25,29)/t14-/m0/s1. The van der Waals surface area contributed by atoms with E-state index in [0.29, 0.717) is 5.16 Å². The van der Waals surface area contributed by atoms with E-state index >= 15 is 0 Å². The lowest BCUT2D eigenvalue weighted by Gasteiger charge is -2.20. The number of amides is 1. The van der Waals surface area contributed by atoms with Crippen molar-refractivity contribution in [1.82, 2.24) is 20.2 Å². The lowest BCUT2D eigenvalue weighted by molar-refractivity contribution is -0.119. The number of nitrogen functional groups attached to an aromatic ring is 1. The van der Waals surface area contributed by atoms with Gasteiger partial charge in [-0.15, -0.1) is 10.2 Å². The number of benzene rings is 2. The highest BCUT2D eigenvalue weighted by Gasteiger charge is 2.18. The quantitative estimate of drug-likeness (QED) is 0.465. The molecule has 156 valence electrons. The normalized spacial score (nSPS) is 14.2. The summed E-state index contributed by atoms with van der Waals surface area (Å²) >= 11 is 1.17. The molecule has 2 aromatic carbocycles. The molecule has 0 saturated heterocycles. The van der Waals surface area contributed by atoms with Gasteiger partial charge in [0.15, 0.2) is 5.82 Å². The largest absolute Gasteiger partial charge is 0.349 e. The molecule has 1 aromatic heterocycles. The van der Waals surface area contributed by atoms with Crippen LogP contribution in [-0.2, 0) is 17.6 Å². The lowest BCUT2D eigenvalue weighted by Crippen LogP contribution is -2.28. The highest BCUT2D eigenvalue weighted by molar-refractivity contribution is 7.99. The number of nitrogens with two attached hydrogens (primary N) is 1. The van der Waals surface area contributed by atoms with Crippen LogP contribution >= 0.6 is 11.8 Å². The van der Waals surface area contributed by atoms with Crippen molar-refractivity contribution in [1.29, 1.82) is 0 Å². The first-order valence-corrected chi connectivity index (χ1v) is 11.0. The fourth-order valence-electron chi connectivity index (χ4n) is 3.72. The van der Waals surface area contributed by atoms with Crippen LogP contribution in [0.2, 0.25) is 0 Å². The number of nitrogens with one attached hydrogen (secondary N) is 1. The molecule has 1 aliphatic carbocycles. The molecule has 1 aliphatic rings. The number of fused-ring (bicyclic) bond motifs is 1. The molecule has 0 fully saturated rings. The van der Waals surface area contributed by atoms with Crippen molar-refractivity contribution in [2.75, 3.05) is 11.6 Å². The average Bonchev–Trinajstić information content (AvgIpc) is 3.12. The van der Waals surface area contributed by atoms with E-state index in [9.17, 15) is 9.18 Å². The van der Waals surface area contributed by atoms with Gasteiger partial charge in [-0.25, -0.2) is 9.07 Å². The molecule has 1 atom stereocenters. The van der Waals surface area contributed by atoms with Crippen LogP contribution in [0, 0.1) is 5.82 Å². The summed E-state index contributed by atoms with van der Waals surface area (Å²) in [6.07, 6.45) is 4.72. The Kier molecular flexibility index (Phi) is 6.03. The molecule has 0 aliphatic heterocycles. The van der Waals surface area contributed by atoms with Gasteiger partial charge in [-0.2, -0.15) is 0 Å². The maximum absolute atomic E-state index is 14.0. The Labute approximate surface area is 179 Å². The Morgan fingerprint density at radius 1 is 1.20 bits per heavy atom. The van der Waals surface area contributed by atoms with E-state index in [-0.39, 0.29) is 29.1 Å². The molecule has 3 aromatic rings. The summed E-state index contributed by atoms with van der Waals surface area (Å²) < 4.78 is 15.2. The maximum Gasteiger partial charge on any atom is 0.230 e. The molecular formula is C22H24FN5OS. The van der Waals surface area contributed by atoms with Gasteiger partial charge >= 0.3 is 0 Å². The molecule has 1 heterocycles. The first-order valence-electron chi connectivity index (χ1n) is 10.0. The van der Waals surface area contributed by atoms with Crippen molar-refractivity contribution in [2.45, 2.75) is 43.8 Å². The molecule has 6 nitrogen and oxygen atoms in total. The lowest BCUT2D eigenvalue weighted by atomic mass is 9.89. The molecule has 0 bridgehead atoms. The van der Waals surface area contributed by atoms with E-state index in [2.05, 4.69) is 33.7 Å². The zero-order chi connectivity index (χ0) is 21.1. The van der Waals surface area contributed by atoms with Crippen LogP contribution in [0.25, 0.3) is 11.4 Å². The number of aryl methyl sites for hydroxylation is 2. The van der Waals surface area contributed by atoms with Crippen LogP contribution < -0.4 is 11.2 Å². The number of thioether (sulfide) groups is 1. The van der Waals surface area contributed by atoms with E-state index in [1.807, 2.05) is 6.92 Å². The van der Waals surface area contributed by atoms with Gasteiger partial charge in [0.25, 0.3) is 0 Å². The molecule has 0 unspecified atom stereocenters. The van der Waals surface area contributed by atoms with E-state index in [1.54, 1.807) is 18.2 Å². The third-order valence-electron chi connectivity index (χ3n) is 5.36. The molecular weight excluding hydrogens is 401 g/mol. The van der Waals surface area contributed by atoms with E-state index in [4.69, 9.17) is 5.84 Å². The molecule has 3 N–H and O–H groups in total. The highest BCUT2D eigenvalue weighted by atomic mass is 32.2. The number of hydrogen-bond acceptors (Lipinski definition) is 5. The van der Waals surface area contributed by atoms with E-state index in [1.165, 1.54) is 46.5 Å². The zero-order valence-electron chi connectivity index (χ0n) is 16.8. The summed E-state index contributed by atoms with van der Waals surface area (Å²) in [5.74, 6) is 5.83. The monoisotopic (exact) mass is 425 g/mol. The number of carbonyl (C=O) groups excluding carboxylic acids is 1. The van der Waals surface area contributed by atoms with Crippen molar-refractivity contribution in [2.24, 2.45) is 0 Å². The minimum Gasteiger partial charge on any atom is -0.349 e. The Balaban J connectivity index is 1.37. The fraction of sp³-hybridized carbons (Fsp3) is 0.318. The van der Waals surface area contributed by atoms with Crippen molar-refractivity contribution in [3.63, 3.8) is 0 Å². The van der Waals surface area contributed by atoms with Crippen LogP contribution in [0.5, 0.6) is 0 Å². The first kappa shape index (κ1) is 20.4. The molecule has 0 radical (unpaired) electrons. The van der Waals surface area contributed by atoms with Crippen LogP contribution in [-0.4, -0.2) is 26.5 Å². The minimum atomic E-state index is -0.426. The second-order valence-corrected chi connectivity index (χ2v) is 8.41. The second kappa shape index (κ2) is 8.87. The third-order valence-corrected chi connectivity index (χ3v) is 6.30. The molecule has 8 heteroatoms.